The van der Waals surface area contributed by atoms with E-state index >= 15 is 0 Å². The van der Waals surface area contributed by atoms with Crippen LogP contribution in [0.15, 0.2) is 18.2 Å². The van der Waals surface area contributed by atoms with Crippen LogP contribution in [-0.2, 0) is 9.59 Å². The van der Waals surface area contributed by atoms with Crippen LogP contribution in [0.2, 0.25) is 0 Å². The number of halogens is 1. The Bertz CT molecular complexity index is 701. The van der Waals surface area contributed by atoms with Crippen LogP contribution >= 0.6 is 23.1 Å². The van der Waals surface area contributed by atoms with Gasteiger partial charge in [0.05, 0.1) is 21.7 Å². The molecule has 1 N–H and O–H groups in total. The predicted molar refractivity (Wildman–Crippen MR) is 93.5 cm³/mol. The molecule has 8 heteroatoms. The number of aromatic nitrogens is 1. The summed E-state index contributed by atoms with van der Waals surface area (Å²) < 4.78 is 13.8. The van der Waals surface area contributed by atoms with Crippen molar-refractivity contribution < 1.29 is 14.0 Å². The molecule has 2 rings (SSSR count). The van der Waals surface area contributed by atoms with Gasteiger partial charge in [-0.15, -0.1) is 11.8 Å². The lowest BCUT2D eigenvalue weighted by Gasteiger charge is -2.17. The molecule has 1 aromatic heterocycles. The summed E-state index contributed by atoms with van der Waals surface area (Å²) in [5.41, 5.74) is 0.649. The minimum absolute atomic E-state index is 0.0308. The molecule has 0 aliphatic heterocycles. The Morgan fingerprint density at radius 3 is 2.74 bits per heavy atom. The fourth-order valence-corrected chi connectivity index (χ4v) is 3.63. The van der Waals surface area contributed by atoms with E-state index in [9.17, 15) is 14.0 Å². The van der Waals surface area contributed by atoms with E-state index in [1.807, 2.05) is 13.8 Å². The zero-order valence-electron chi connectivity index (χ0n) is 13.0. The summed E-state index contributed by atoms with van der Waals surface area (Å²) in [5, 5.41) is 3.12. The van der Waals surface area contributed by atoms with Gasteiger partial charge in [0.15, 0.2) is 5.13 Å². The molecule has 2 aromatic rings. The zero-order valence-corrected chi connectivity index (χ0v) is 14.6. The summed E-state index contributed by atoms with van der Waals surface area (Å²) in [6.45, 7) is 5.19. The van der Waals surface area contributed by atoms with Gasteiger partial charge in [0, 0.05) is 13.1 Å². The third kappa shape index (κ3) is 4.90. The van der Waals surface area contributed by atoms with Gasteiger partial charge in [0.2, 0.25) is 11.8 Å². The smallest absolute Gasteiger partial charge is 0.236 e. The fourth-order valence-electron chi connectivity index (χ4n) is 2.01. The SMILES string of the molecule is CCN(CC)C(=O)CSCC(=O)Nc1nc2ccc(F)cc2s1. The van der Waals surface area contributed by atoms with Crippen molar-refractivity contribution in [2.75, 3.05) is 29.9 Å². The van der Waals surface area contributed by atoms with Gasteiger partial charge in [-0.3, -0.25) is 9.59 Å². The first-order chi connectivity index (χ1) is 11.0. The average molecular weight is 355 g/mol. The van der Waals surface area contributed by atoms with Crippen LogP contribution < -0.4 is 5.32 Å². The van der Waals surface area contributed by atoms with Crippen LogP contribution in [0.1, 0.15) is 13.8 Å². The summed E-state index contributed by atoms with van der Waals surface area (Å²) in [6.07, 6.45) is 0. The number of anilines is 1. The number of rotatable bonds is 7. The molecular formula is C15H18FN3O2S2. The monoisotopic (exact) mass is 355 g/mol. The molecule has 0 aliphatic rings. The highest BCUT2D eigenvalue weighted by Gasteiger charge is 2.12. The highest BCUT2D eigenvalue weighted by Crippen LogP contribution is 2.26. The molecule has 2 amide bonds. The third-order valence-electron chi connectivity index (χ3n) is 3.17. The summed E-state index contributed by atoms with van der Waals surface area (Å²) in [6, 6.07) is 4.30. The van der Waals surface area contributed by atoms with Crippen LogP contribution in [0.3, 0.4) is 0 Å². The van der Waals surface area contributed by atoms with Crippen molar-refractivity contribution in [3.63, 3.8) is 0 Å². The lowest BCUT2D eigenvalue weighted by atomic mass is 10.3. The first-order valence-electron chi connectivity index (χ1n) is 7.25. The molecular weight excluding hydrogens is 337 g/mol. The Morgan fingerprint density at radius 1 is 1.30 bits per heavy atom. The van der Waals surface area contributed by atoms with Crippen LogP contribution in [-0.4, -0.2) is 46.3 Å². The predicted octanol–water partition coefficient (Wildman–Crippen LogP) is 2.98. The lowest BCUT2D eigenvalue weighted by Crippen LogP contribution is -2.32. The van der Waals surface area contributed by atoms with Crippen molar-refractivity contribution in [1.29, 1.82) is 0 Å². The quantitative estimate of drug-likeness (QED) is 0.829. The van der Waals surface area contributed by atoms with Crippen molar-refractivity contribution in [1.82, 2.24) is 9.88 Å². The number of thioether (sulfide) groups is 1. The molecule has 1 heterocycles. The number of nitrogens with one attached hydrogen (secondary N) is 1. The van der Waals surface area contributed by atoms with Crippen LogP contribution in [0, 0.1) is 5.82 Å². The molecule has 0 spiro atoms. The molecule has 0 unspecified atom stereocenters. The molecule has 0 aliphatic carbocycles. The highest BCUT2D eigenvalue weighted by atomic mass is 32.2. The zero-order chi connectivity index (χ0) is 16.8. The maximum Gasteiger partial charge on any atom is 0.236 e. The van der Waals surface area contributed by atoms with Crippen LogP contribution in [0.25, 0.3) is 10.2 Å². The van der Waals surface area contributed by atoms with Gasteiger partial charge in [-0.25, -0.2) is 9.37 Å². The number of hydrogen-bond donors (Lipinski definition) is 1. The van der Waals surface area contributed by atoms with E-state index < -0.39 is 0 Å². The molecule has 0 saturated carbocycles. The van der Waals surface area contributed by atoms with Gasteiger partial charge in [0.25, 0.3) is 0 Å². The van der Waals surface area contributed by atoms with Crippen molar-refractivity contribution in [2.45, 2.75) is 13.8 Å². The second-order valence-corrected chi connectivity index (χ2v) is 6.75. The minimum Gasteiger partial charge on any atom is -0.343 e. The van der Waals surface area contributed by atoms with Crippen molar-refractivity contribution in [3.8, 4) is 0 Å². The fraction of sp³-hybridized carbons (Fsp3) is 0.400. The second kappa shape index (κ2) is 8.26. The number of fused-ring (bicyclic) bond motifs is 1. The lowest BCUT2D eigenvalue weighted by molar-refractivity contribution is -0.127. The summed E-state index contributed by atoms with van der Waals surface area (Å²) in [5.74, 6) is -0.0631. The molecule has 5 nitrogen and oxygen atoms in total. The number of carbonyl (C=O) groups excluding carboxylic acids is 2. The van der Waals surface area contributed by atoms with E-state index in [0.29, 0.717) is 28.4 Å². The Morgan fingerprint density at radius 2 is 2.04 bits per heavy atom. The van der Waals surface area contributed by atoms with E-state index in [4.69, 9.17) is 0 Å². The average Bonchev–Trinajstić information content (AvgIpc) is 2.89. The van der Waals surface area contributed by atoms with Gasteiger partial charge >= 0.3 is 0 Å². The molecule has 0 bridgehead atoms. The van der Waals surface area contributed by atoms with Gasteiger partial charge in [-0.05, 0) is 32.0 Å². The maximum atomic E-state index is 13.1. The number of amides is 2. The molecule has 0 saturated heterocycles. The Balaban J connectivity index is 1.83. The molecule has 124 valence electrons. The van der Waals surface area contributed by atoms with Gasteiger partial charge in [-0.1, -0.05) is 11.3 Å². The summed E-state index contributed by atoms with van der Waals surface area (Å²) >= 11 is 2.49. The van der Waals surface area contributed by atoms with Gasteiger partial charge < -0.3 is 10.2 Å². The Kier molecular flexibility index (Phi) is 6.35. The molecule has 1 aromatic carbocycles. The van der Waals surface area contributed by atoms with E-state index in [2.05, 4.69) is 10.3 Å². The van der Waals surface area contributed by atoms with Gasteiger partial charge in [0.1, 0.15) is 5.82 Å². The number of hydrogen-bond acceptors (Lipinski definition) is 5. The van der Waals surface area contributed by atoms with Crippen molar-refractivity contribution in [3.05, 3.63) is 24.0 Å². The van der Waals surface area contributed by atoms with E-state index in [1.165, 1.54) is 35.2 Å². The summed E-state index contributed by atoms with van der Waals surface area (Å²) in [7, 11) is 0. The first kappa shape index (κ1) is 17.7. The molecule has 0 atom stereocenters. The Hall–Kier alpha value is -1.67. The first-order valence-corrected chi connectivity index (χ1v) is 9.22. The number of benzene rings is 1. The summed E-state index contributed by atoms with van der Waals surface area (Å²) in [4.78, 5) is 29.7. The van der Waals surface area contributed by atoms with E-state index in [0.717, 1.165) is 0 Å². The van der Waals surface area contributed by atoms with Crippen LogP contribution in [0.4, 0.5) is 9.52 Å². The number of thiazole rings is 1. The third-order valence-corrected chi connectivity index (χ3v) is 5.02. The van der Waals surface area contributed by atoms with E-state index in [-0.39, 0.29) is 29.1 Å². The maximum absolute atomic E-state index is 13.1. The second-order valence-electron chi connectivity index (χ2n) is 4.74. The number of carbonyl (C=O) groups is 2. The normalized spacial score (nSPS) is 10.7. The minimum atomic E-state index is -0.329. The standard InChI is InChI=1S/C15H18FN3O2S2/c1-3-19(4-2)14(21)9-22-8-13(20)18-15-17-11-6-5-10(16)7-12(11)23-15/h5-7H,3-4,8-9H2,1-2H3,(H,17,18,20). The topological polar surface area (TPSA) is 62.3 Å². The van der Waals surface area contributed by atoms with Crippen molar-refractivity contribution >= 4 is 50.3 Å². The van der Waals surface area contributed by atoms with Gasteiger partial charge in [-0.2, -0.15) is 0 Å². The Labute approximate surface area is 142 Å². The van der Waals surface area contributed by atoms with Crippen molar-refractivity contribution in [2.24, 2.45) is 0 Å². The molecule has 23 heavy (non-hydrogen) atoms. The highest BCUT2D eigenvalue weighted by molar-refractivity contribution is 8.00. The number of nitrogens with zero attached hydrogens (tertiary/aromatic N) is 2. The van der Waals surface area contributed by atoms with Crippen LogP contribution in [0.5, 0.6) is 0 Å². The largest absolute Gasteiger partial charge is 0.343 e. The molecule has 0 radical (unpaired) electrons. The van der Waals surface area contributed by atoms with E-state index in [1.54, 1.807) is 11.0 Å². The molecule has 0 fully saturated rings.